The summed E-state index contributed by atoms with van der Waals surface area (Å²) in [7, 11) is -3.88. The summed E-state index contributed by atoms with van der Waals surface area (Å²) in [5.74, 6) is 0.192. The van der Waals surface area contributed by atoms with E-state index in [4.69, 9.17) is 26.4 Å². The van der Waals surface area contributed by atoms with Gasteiger partial charge in [-0.05, 0) is 127 Å². The first-order valence-corrected chi connectivity index (χ1v) is 23.5. The van der Waals surface area contributed by atoms with Gasteiger partial charge in [0.2, 0.25) is 0 Å². The molecule has 1 fully saturated rings. The van der Waals surface area contributed by atoms with Crippen LogP contribution in [0.1, 0.15) is 81.9 Å². The number of ether oxygens (including phenoxy) is 1. The maximum atomic E-state index is 13.9. The molecule has 7 aromatic rings. The molecular weight excluding hydrogens is 856 g/mol. The number of carbonyl (C=O) groups is 1. The van der Waals surface area contributed by atoms with Crippen LogP contribution in [0, 0.1) is 20.8 Å². The van der Waals surface area contributed by atoms with Gasteiger partial charge < -0.3 is 14.7 Å². The molecule has 3 heterocycles. The number of fused-ring (bicyclic) bond motifs is 1. The minimum Gasteiger partial charge on any atom is -0.478 e. The Morgan fingerprint density at radius 1 is 0.831 bits per heavy atom. The van der Waals surface area contributed by atoms with Crippen molar-refractivity contribution in [2.45, 2.75) is 59.4 Å². The second-order valence-electron chi connectivity index (χ2n) is 17.6. The highest BCUT2D eigenvalue weighted by molar-refractivity contribution is 7.90. The Bertz CT molecular complexity index is 2970. The lowest BCUT2D eigenvalue weighted by Gasteiger charge is -2.35. The number of nitrogens with one attached hydrogen (secondary N) is 1. The van der Waals surface area contributed by atoms with Crippen LogP contribution in [0.15, 0.2) is 121 Å². The van der Waals surface area contributed by atoms with Gasteiger partial charge in [-0.25, -0.2) is 14.5 Å². The lowest BCUT2D eigenvalue weighted by Crippen LogP contribution is -2.50. The van der Waals surface area contributed by atoms with Gasteiger partial charge in [-0.15, -0.1) is 0 Å². The van der Waals surface area contributed by atoms with E-state index in [1.165, 1.54) is 9.87 Å². The summed E-state index contributed by atoms with van der Waals surface area (Å²) >= 11 is 6.43. The maximum Gasteiger partial charge on any atom is 0.336 e. The summed E-state index contributed by atoms with van der Waals surface area (Å²) < 4.78 is 40.1. The number of hydrogen-bond acceptors (Lipinski definition) is 7. The minimum atomic E-state index is -3.88. The minimum absolute atomic E-state index is 0.0499. The molecule has 1 unspecified atom stereocenters. The quantitative estimate of drug-likeness (QED) is 0.117. The summed E-state index contributed by atoms with van der Waals surface area (Å²) in [5, 5.41) is 16.6. The van der Waals surface area contributed by atoms with E-state index in [9.17, 15) is 18.3 Å². The molecule has 1 atom stereocenters. The van der Waals surface area contributed by atoms with Gasteiger partial charge in [0, 0.05) is 36.9 Å². The van der Waals surface area contributed by atoms with Gasteiger partial charge in [0.1, 0.15) is 11.5 Å². The van der Waals surface area contributed by atoms with Crippen LogP contribution in [0.3, 0.4) is 0 Å². The molecule has 2 N–H and O–H groups in total. The maximum absolute atomic E-state index is 13.9. The molecule has 0 bridgehead atoms. The number of nitrogens with zero attached hydrogens (tertiary/aromatic N) is 5. The normalized spacial score (nSPS) is 14.2. The third-order valence-electron chi connectivity index (χ3n) is 11.8. The zero-order chi connectivity index (χ0) is 46.0. The Kier molecular flexibility index (Phi) is 12.9. The summed E-state index contributed by atoms with van der Waals surface area (Å²) in [6.45, 7) is 14.0. The number of piperazine rings is 1. The smallest absolute Gasteiger partial charge is 0.336 e. The first kappa shape index (κ1) is 45.1. The second kappa shape index (κ2) is 18.6. The van der Waals surface area contributed by atoms with Crippen molar-refractivity contribution in [3.05, 3.63) is 177 Å². The van der Waals surface area contributed by atoms with Gasteiger partial charge in [0.15, 0.2) is 5.65 Å². The number of rotatable bonds is 13. The fraction of sp³-hybridized carbons (Fsp3) is 0.250. The van der Waals surface area contributed by atoms with Crippen molar-refractivity contribution in [3.63, 3.8) is 0 Å². The Labute approximate surface area is 386 Å². The molecule has 1 aliphatic heterocycles. The Morgan fingerprint density at radius 2 is 1.51 bits per heavy atom. The van der Waals surface area contributed by atoms with E-state index in [-0.39, 0.29) is 11.0 Å². The lowest BCUT2D eigenvalue weighted by atomic mass is 9.87. The molecule has 334 valence electrons. The number of aromatic nitrogens is 3. The van der Waals surface area contributed by atoms with Crippen molar-refractivity contribution in [3.8, 4) is 11.5 Å². The van der Waals surface area contributed by atoms with Gasteiger partial charge in [0.25, 0.3) is 0 Å². The highest BCUT2D eigenvalue weighted by atomic mass is 35.5. The summed E-state index contributed by atoms with van der Waals surface area (Å²) in [4.78, 5) is 20.0. The van der Waals surface area contributed by atoms with Crippen molar-refractivity contribution in [2.75, 3.05) is 35.8 Å². The van der Waals surface area contributed by atoms with Gasteiger partial charge in [-0.2, -0.15) is 17.8 Å². The first-order valence-electron chi connectivity index (χ1n) is 21.7. The lowest BCUT2D eigenvalue weighted by molar-refractivity contribution is 0.0698. The summed E-state index contributed by atoms with van der Waals surface area (Å²) in [6, 6.07) is 38.2. The number of carboxylic acids is 1. The van der Waals surface area contributed by atoms with Gasteiger partial charge in [0.05, 0.1) is 34.1 Å². The molecule has 13 heteroatoms. The number of halogens is 1. The van der Waals surface area contributed by atoms with E-state index in [1.807, 2.05) is 105 Å². The van der Waals surface area contributed by atoms with E-state index < -0.39 is 22.2 Å². The molecule has 5 aromatic carbocycles. The zero-order valence-electron chi connectivity index (χ0n) is 37.4. The Balaban J connectivity index is 1.09. The number of pyridine rings is 1. The topological polar surface area (TPSA) is 130 Å². The van der Waals surface area contributed by atoms with E-state index in [1.54, 1.807) is 29.8 Å². The number of carboxylic acid groups (broad SMARTS) is 1. The van der Waals surface area contributed by atoms with Crippen LogP contribution < -0.4 is 14.4 Å². The van der Waals surface area contributed by atoms with Crippen LogP contribution in [0.4, 0.5) is 11.4 Å². The molecular formula is C52H53ClN6O5S. The third kappa shape index (κ3) is 10.3. The zero-order valence-corrected chi connectivity index (χ0v) is 39.0. The molecule has 11 nitrogen and oxygen atoms in total. The van der Waals surface area contributed by atoms with Crippen LogP contribution in [0.5, 0.6) is 11.5 Å². The molecule has 0 spiro atoms. The molecule has 8 rings (SSSR count). The third-order valence-corrected chi connectivity index (χ3v) is 14.0. The number of anilines is 2. The average Bonchev–Trinajstić information content (AvgIpc) is 3.62. The molecule has 1 saturated heterocycles. The number of aryl methyl sites for hydroxylation is 3. The average molecular weight is 910 g/mol. The van der Waals surface area contributed by atoms with Crippen LogP contribution in [-0.2, 0) is 22.0 Å². The SMILES string of the molecule is Cc1cc(Oc2ccc(C(Cc3cccc(NS(=O)(=O)N4CCN(c5ccc(C(C)(C)C)cc5)CC4)c3)n3nc(C)c4c(C(=O)O)cc(C=Cc5ccccc5)nc43)cc2)cc(C)c1Cl. The van der Waals surface area contributed by atoms with E-state index in [0.717, 1.165) is 33.5 Å². The molecule has 0 radical (unpaired) electrons. The second-order valence-corrected chi connectivity index (χ2v) is 19.7. The molecule has 0 saturated carbocycles. The predicted molar refractivity (Wildman–Crippen MR) is 262 cm³/mol. The molecule has 0 aliphatic carbocycles. The monoisotopic (exact) mass is 908 g/mol. The summed E-state index contributed by atoms with van der Waals surface area (Å²) in [5.41, 5.74) is 8.75. The standard InChI is InChI=1S/C52H53ClN6O5S/c1-34-29-45(30-35(2)49(34)53)64-44-23-16-39(17-24-44)47(59-50-48(36(3)55-59)46(51(60)61)33-41(54-50)20-15-37-11-8-7-9-12-37)32-38-13-10-14-42(31-38)56-65(62,63)58-27-25-57(26-28-58)43-21-18-40(19-22-43)52(4,5)6/h7-24,29-31,33,47,56H,25-28,32H2,1-6H3,(H,60,61). The van der Waals surface area contributed by atoms with Crippen molar-refractivity contribution >= 4 is 62.3 Å². The van der Waals surface area contributed by atoms with Gasteiger partial charge >= 0.3 is 16.2 Å². The van der Waals surface area contributed by atoms with Crippen molar-refractivity contribution < 1.29 is 23.1 Å². The van der Waals surface area contributed by atoms with Crippen molar-refractivity contribution in [1.29, 1.82) is 0 Å². The van der Waals surface area contributed by atoms with Crippen molar-refractivity contribution in [1.82, 2.24) is 19.1 Å². The Morgan fingerprint density at radius 3 is 2.15 bits per heavy atom. The molecule has 0 amide bonds. The van der Waals surface area contributed by atoms with E-state index in [0.29, 0.717) is 77.2 Å². The van der Waals surface area contributed by atoms with Crippen LogP contribution >= 0.6 is 11.6 Å². The molecule has 1 aliphatic rings. The fourth-order valence-corrected chi connectivity index (χ4v) is 9.62. The predicted octanol–water partition coefficient (Wildman–Crippen LogP) is 11.3. The number of aromatic carboxylic acids is 1. The van der Waals surface area contributed by atoms with Gasteiger partial charge in [-0.3, -0.25) is 4.72 Å². The van der Waals surface area contributed by atoms with Gasteiger partial charge in [-0.1, -0.05) is 105 Å². The largest absolute Gasteiger partial charge is 0.478 e. The molecule has 2 aromatic heterocycles. The summed E-state index contributed by atoms with van der Waals surface area (Å²) in [6.07, 6.45) is 4.06. The van der Waals surface area contributed by atoms with Crippen molar-refractivity contribution in [2.24, 2.45) is 0 Å². The number of hydrogen-bond donors (Lipinski definition) is 2. The first-order chi connectivity index (χ1) is 31.0. The van der Waals surface area contributed by atoms with Crippen LogP contribution in [-0.4, -0.2) is 64.7 Å². The van der Waals surface area contributed by atoms with E-state index in [2.05, 4.69) is 54.7 Å². The molecule has 65 heavy (non-hydrogen) atoms. The van der Waals surface area contributed by atoms with E-state index >= 15 is 0 Å². The Hall–Kier alpha value is -6.47. The highest BCUT2D eigenvalue weighted by Crippen LogP contribution is 2.34. The van der Waals surface area contributed by atoms with Crippen LogP contribution in [0.25, 0.3) is 23.2 Å². The fourth-order valence-electron chi connectivity index (χ4n) is 8.31. The number of benzene rings is 5. The van der Waals surface area contributed by atoms with Crippen LogP contribution in [0.2, 0.25) is 5.02 Å². The highest BCUT2D eigenvalue weighted by Gasteiger charge is 2.29.